The summed E-state index contributed by atoms with van der Waals surface area (Å²) in [5.74, 6) is 0. The lowest BCUT2D eigenvalue weighted by molar-refractivity contribution is 0.202. The summed E-state index contributed by atoms with van der Waals surface area (Å²) in [6.45, 7) is 1.90. The van der Waals surface area contributed by atoms with Gasteiger partial charge in [0.15, 0.2) is 0 Å². The topological polar surface area (TPSA) is 21.3 Å². The zero-order valence-electron chi connectivity index (χ0n) is 7.97. The van der Waals surface area contributed by atoms with Gasteiger partial charge >= 0.3 is 0 Å². The van der Waals surface area contributed by atoms with E-state index in [0.717, 1.165) is 26.0 Å². The third-order valence-electron chi connectivity index (χ3n) is 2.47. The predicted octanol–water partition coefficient (Wildman–Crippen LogP) is 1.84. The summed E-state index contributed by atoms with van der Waals surface area (Å²) in [4.78, 5) is 0. The fourth-order valence-corrected chi connectivity index (χ4v) is 1.73. The van der Waals surface area contributed by atoms with Crippen LogP contribution in [0.1, 0.15) is 11.1 Å². The van der Waals surface area contributed by atoms with E-state index in [-0.39, 0.29) is 0 Å². The maximum absolute atomic E-state index is 5.05. The highest BCUT2D eigenvalue weighted by molar-refractivity contribution is 5.56. The average molecular weight is 177 g/mol. The van der Waals surface area contributed by atoms with Gasteiger partial charge in [0.2, 0.25) is 0 Å². The van der Waals surface area contributed by atoms with Crippen LogP contribution in [0.2, 0.25) is 0 Å². The first-order chi connectivity index (χ1) is 6.40. The minimum atomic E-state index is 0.812. The van der Waals surface area contributed by atoms with Crippen molar-refractivity contribution >= 4 is 5.69 Å². The van der Waals surface area contributed by atoms with Crippen LogP contribution in [0.4, 0.5) is 5.69 Å². The van der Waals surface area contributed by atoms with E-state index in [4.69, 9.17) is 4.74 Å². The van der Waals surface area contributed by atoms with E-state index in [2.05, 4.69) is 23.5 Å². The Morgan fingerprint density at radius 3 is 3.23 bits per heavy atom. The number of ether oxygens (including phenoxy) is 1. The Kier molecular flexibility index (Phi) is 2.50. The number of nitrogens with one attached hydrogen (secondary N) is 1. The summed E-state index contributed by atoms with van der Waals surface area (Å²) in [5.41, 5.74) is 4.14. The molecule has 2 rings (SSSR count). The van der Waals surface area contributed by atoms with Gasteiger partial charge in [-0.15, -0.1) is 0 Å². The van der Waals surface area contributed by atoms with Gasteiger partial charge in [0, 0.05) is 19.3 Å². The molecule has 1 aliphatic heterocycles. The van der Waals surface area contributed by atoms with Crippen molar-refractivity contribution in [1.82, 2.24) is 0 Å². The quantitative estimate of drug-likeness (QED) is 0.760. The van der Waals surface area contributed by atoms with Crippen molar-refractivity contribution in [3.05, 3.63) is 29.3 Å². The summed E-state index contributed by atoms with van der Waals surface area (Å²) in [6.07, 6.45) is 2.18. The van der Waals surface area contributed by atoms with Crippen LogP contribution >= 0.6 is 0 Å². The highest BCUT2D eigenvalue weighted by Gasteiger charge is 2.09. The third-order valence-corrected chi connectivity index (χ3v) is 2.47. The van der Waals surface area contributed by atoms with Gasteiger partial charge in [-0.2, -0.15) is 0 Å². The maximum atomic E-state index is 5.05. The molecule has 0 aliphatic carbocycles. The molecule has 2 nitrogen and oxygen atoms in total. The SMILES string of the molecule is COCCc1ccc2c(c1)CCN2. The van der Waals surface area contributed by atoms with Crippen LogP contribution in [0.25, 0.3) is 0 Å². The molecule has 1 heterocycles. The summed E-state index contributed by atoms with van der Waals surface area (Å²) < 4.78 is 5.05. The minimum Gasteiger partial charge on any atom is -0.384 e. The molecule has 0 atom stereocenters. The monoisotopic (exact) mass is 177 g/mol. The second-order valence-electron chi connectivity index (χ2n) is 3.41. The molecule has 2 heteroatoms. The molecular weight excluding hydrogens is 162 g/mol. The standard InChI is InChI=1S/C11H15NO/c1-13-7-5-9-2-3-11-10(8-9)4-6-12-11/h2-3,8,12H,4-7H2,1H3. The van der Waals surface area contributed by atoms with Gasteiger partial charge in [-0.05, 0) is 30.0 Å². The molecule has 1 N–H and O–H groups in total. The number of anilines is 1. The van der Waals surface area contributed by atoms with Crippen LogP contribution < -0.4 is 5.32 Å². The van der Waals surface area contributed by atoms with Crippen molar-refractivity contribution in [3.63, 3.8) is 0 Å². The van der Waals surface area contributed by atoms with Gasteiger partial charge in [-0.3, -0.25) is 0 Å². The van der Waals surface area contributed by atoms with Crippen LogP contribution in [0.5, 0.6) is 0 Å². The van der Waals surface area contributed by atoms with Crippen molar-refractivity contribution < 1.29 is 4.74 Å². The Hall–Kier alpha value is -1.02. The molecule has 0 saturated heterocycles. The van der Waals surface area contributed by atoms with Crippen molar-refractivity contribution in [3.8, 4) is 0 Å². The van der Waals surface area contributed by atoms with Gasteiger partial charge < -0.3 is 10.1 Å². The van der Waals surface area contributed by atoms with E-state index in [9.17, 15) is 0 Å². The molecule has 0 spiro atoms. The summed E-state index contributed by atoms with van der Waals surface area (Å²) in [6, 6.07) is 6.64. The fourth-order valence-electron chi connectivity index (χ4n) is 1.73. The lowest BCUT2D eigenvalue weighted by Crippen LogP contribution is -1.95. The Bertz CT molecular complexity index is 296. The molecule has 1 aromatic rings. The molecular formula is C11H15NO. The molecule has 0 radical (unpaired) electrons. The lowest BCUT2D eigenvalue weighted by atomic mass is 10.1. The summed E-state index contributed by atoms with van der Waals surface area (Å²) >= 11 is 0. The Morgan fingerprint density at radius 1 is 1.46 bits per heavy atom. The van der Waals surface area contributed by atoms with Gasteiger partial charge in [-0.25, -0.2) is 0 Å². The van der Waals surface area contributed by atoms with Gasteiger partial charge in [-0.1, -0.05) is 12.1 Å². The number of rotatable bonds is 3. The maximum Gasteiger partial charge on any atom is 0.0502 e. The van der Waals surface area contributed by atoms with Crippen molar-refractivity contribution in [2.45, 2.75) is 12.8 Å². The Labute approximate surface area is 78.9 Å². The molecule has 13 heavy (non-hydrogen) atoms. The van der Waals surface area contributed by atoms with Crippen LogP contribution in [-0.4, -0.2) is 20.3 Å². The van der Waals surface area contributed by atoms with Crippen LogP contribution in [0.3, 0.4) is 0 Å². The third kappa shape index (κ3) is 1.83. The van der Waals surface area contributed by atoms with Crippen molar-refractivity contribution in [1.29, 1.82) is 0 Å². The molecule has 0 aromatic heterocycles. The predicted molar refractivity (Wildman–Crippen MR) is 54.2 cm³/mol. The van der Waals surface area contributed by atoms with Gasteiger partial charge in [0.1, 0.15) is 0 Å². The number of benzene rings is 1. The van der Waals surface area contributed by atoms with Crippen molar-refractivity contribution in [2.75, 3.05) is 25.6 Å². The molecule has 1 aliphatic rings. The van der Waals surface area contributed by atoms with Gasteiger partial charge in [0.05, 0.1) is 6.61 Å². The lowest BCUT2D eigenvalue weighted by Gasteiger charge is -2.03. The summed E-state index contributed by atoms with van der Waals surface area (Å²) in [5, 5.41) is 3.35. The molecule has 0 saturated carbocycles. The fraction of sp³-hybridized carbons (Fsp3) is 0.455. The Morgan fingerprint density at radius 2 is 2.38 bits per heavy atom. The first-order valence-corrected chi connectivity index (χ1v) is 4.75. The zero-order valence-corrected chi connectivity index (χ0v) is 7.97. The van der Waals surface area contributed by atoms with Crippen LogP contribution in [0, 0.1) is 0 Å². The first-order valence-electron chi connectivity index (χ1n) is 4.75. The van der Waals surface area contributed by atoms with E-state index in [0.29, 0.717) is 0 Å². The average Bonchev–Trinajstić information content (AvgIpc) is 2.61. The van der Waals surface area contributed by atoms with Crippen LogP contribution in [0.15, 0.2) is 18.2 Å². The molecule has 0 fully saturated rings. The van der Waals surface area contributed by atoms with E-state index < -0.39 is 0 Å². The molecule has 0 unspecified atom stereocenters. The first kappa shape index (κ1) is 8.57. The van der Waals surface area contributed by atoms with Crippen molar-refractivity contribution in [2.24, 2.45) is 0 Å². The highest BCUT2D eigenvalue weighted by atomic mass is 16.5. The summed E-state index contributed by atoms with van der Waals surface area (Å²) in [7, 11) is 1.74. The molecule has 0 amide bonds. The minimum absolute atomic E-state index is 0.812. The number of hydrogen-bond donors (Lipinski definition) is 1. The largest absolute Gasteiger partial charge is 0.384 e. The van der Waals surface area contributed by atoms with E-state index in [1.54, 1.807) is 7.11 Å². The van der Waals surface area contributed by atoms with E-state index in [1.165, 1.54) is 16.8 Å². The Balaban J connectivity index is 2.12. The molecule has 1 aromatic carbocycles. The molecule has 70 valence electrons. The second kappa shape index (κ2) is 3.79. The molecule has 0 bridgehead atoms. The van der Waals surface area contributed by atoms with E-state index in [1.807, 2.05) is 0 Å². The smallest absolute Gasteiger partial charge is 0.0502 e. The second-order valence-corrected chi connectivity index (χ2v) is 3.41. The van der Waals surface area contributed by atoms with E-state index >= 15 is 0 Å². The number of fused-ring (bicyclic) bond motifs is 1. The number of methoxy groups -OCH3 is 1. The zero-order chi connectivity index (χ0) is 9.10. The van der Waals surface area contributed by atoms with Gasteiger partial charge in [0.25, 0.3) is 0 Å². The highest BCUT2D eigenvalue weighted by Crippen LogP contribution is 2.22. The normalized spacial score (nSPS) is 13.9. The number of hydrogen-bond acceptors (Lipinski definition) is 2. The van der Waals surface area contributed by atoms with Crippen LogP contribution in [-0.2, 0) is 17.6 Å².